The van der Waals surface area contributed by atoms with Gasteiger partial charge in [-0.2, -0.15) is 10.4 Å². The monoisotopic (exact) mass is 444 g/mol. The lowest BCUT2D eigenvalue weighted by Crippen LogP contribution is -2.51. The lowest BCUT2D eigenvalue weighted by molar-refractivity contribution is 0.0581. The normalized spacial score (nSPS) is 20.5. The van der Waals surface area contributed by atoms with Crippen LogP contribution in [0.4, 0.5) is 20.7 Å². The Hall–Kier alpha value is -3.65. The third-order valence-electron chi connectivity index (χ3n) is 5.58. The van der Waals surface area contributed by atoms with Crippen LogP contribution in [0.3, 0.4) is 0 Å². The minimum atomic E-state index is -1.08. The smallest absolute Gasteiger partial charge is 0.407 e. The van der Waals surface area contributed by atoms with E-state index in [1.807, 2.05) is 0 Å². The van der Waals surface area contributed by atoms with Crippen molar-refractivity contribution in [3.8, 4) is 6.07 Å². The van der Waals surface area contributed by atoms with Crippen LogP contribution in [0.25, 0.3) is 0 Å². The van der Waals surface area contributed by atoms with E-state index in [0.717, 1.165) is 0 Å². The first-order valence-corrected chi connectivity index (χ1v) is 10.1. The molecule has 4 N–H and O–H groups in total. The number of nitrogens with two attached hydrogens (primary N) is 1. The van der Waals surface area contributed by atoms with Crippen LogP contribution in [-0.2, 0) is 4.74 Å². The summed E-state index contributed by atoms with van der Waals surface area (Å²) < 4.78 is 19.8. The predicted molar refractivity (Wildman–Crippen MR) is 113 cm³/mol. The zero-order valence-electron chi connectivity index (χ0n) is 17.6. The van der Waals surface area contributed by atoms with Crippen LogP contribution in [0.1, 0.15) is 35.7 Å². The van der Waals surface area contributed by atoms with Crippen molar-refractivity contribution >= 4 is 23.5 Å². The summed E-state index contributed by atoms with van der Waals surface area (Å²) in [4.78, 5) is 25.0. The first-order valence-electron chi connectivity index (χ1n) is 10.1. The molecule has 0 radical (unpaired) electrons. The summed E-state index contributed by atoms with van der Waals surface area (Å²) in [5, 5.41) is 26.9. The number of hydrogen-bond donors (Lipinski definition) is 3. The Balaban J connectivity index is 1.91. The molecule has 1 saturated heterocycles. The molecule has 1 fully saturated rings. The van der Waals surface area contributed by atoms with Crippen LogP contribution < -0.4 is 11.1 Å². The molecule has 11 heteroatoms. The van der Waals surface area contributed by atoms with Crippen molar-refractivity contribution in [3.05, 3.63) is 41.8 Å². The van der Waals surface area contributed by atoms with Gasteiger partial charge in [0.1, 0.15) is 11.4 Å². The number of primary amides is 1. The van der Waals surface area contributed by atoms with E-state index in [0.29, 0.717) is 31.6 Å². The molecular formula is C21H25FN6O4. The summed E-state index contributed by atoms with van der Waals surface area (Å²) in [5.41, 5.74) is 6.14. The molecule has 2 amide bonds. The highest BCUT2D eigenvalue weighted by molar-refractivity contribution is 5.98. The van der Waals surface area contributed by atoms with Gasteiger partial charge in [-0.05, 0) is 43.5 Å². The minimum Gasteiger partial charge on any atom is -0.465 e. The number of nitriles is 1. The van der Waals surface area contributed by atoms with E-state index in [2.05, 4.69) is 16.5 Å². The van der Waals surface area contributed by atoms with Gasteiger partial charge in [-0.15, -0.1) is 0 Å². The highest BCUT2D eigenvalue weighted by Crippen LogP contribution is 2.36. The number of piperidine rings is 1. The first kappa shape index (κ1) is 23.0. The van der Waals surface area contributed by atoms with Crippen LogP contribution in [0.5, 0.6) is 0 Å². The van der Waals surface area contributed by atoms with Crippen LogP contribution in [0, 0.1) is 23.1 Å². The summed E-state index contributed by atoms with van der Waals surface area (Å²) >= 11 is 0. The van der Waals surface area contributed by atoms with Crippen molar-refractivity contribution in [2.24, 2.45) is 11.7 Å². The molecule has 0 saturated carbocycles. The number of halogens is 1. The number of anilines is 2. The van der Waals surface area contributed by atoms with E-state index < -0.39 is 35.8 Å². The lowest BCUT2D eigenvalue weighted by Gasteiger charge is -2.41. The highest BCUT2D eigenvalue weighted by Gasteiger charge is 2.41. The number of carbonyl (C=O) groups is 2. The zero-order valence-corrected chi connectivity index (χ0v) is 17.6. The molecular weight excluding hydrogens is 419 g/mol. The van der Waals surface area contributed by atoms with E-state index in [1.165, 1.54) is 40.0 Å². The SMILES string of the molecule is COCCCC1C(C#N)C(n2cc(C(N)=O)c(Nc3ccc(F)cc3)n2)CCN1C(=O)O. The van der Waals surface area contributed by atoms with Crippen LogP contribution in [0.2, 0.25) is 0 Å². The molecule has 10 nitrogen and oxygen atoms in total. The van der Waals surface area contributed by atoms with E-state index >= 15 is 0 Å². The fraction of sp³-hybridized carbons (Fsp3) is 0.429. The third kappa shape index (κ3) is 4.97. The van der Waals surface area contributed by atoms with Gasteiger partial charge in [0.25, 0.3) is 5.91 Å². The number of ether oxygens (including phenoxy) is 1. The second kappa shape index (κ2) is 10.1. The van der Waals surface area contributed by atoms with E-state index in [9.17, 15) is 24.3 Å². The maximum Gasteiger partial charge on any atom is 0.407 e. The third-order valence-corrected chi connectivity index (χ3v) is 5.58. The summed E-state index contributed by atoms with van der Waals surface area (Å²) in [6.07, 6.45) is 1.79. The van der Waals surface area contributed by atoms with Gasteiger partial charge in [0.2, 0.25) is 0 Å². The number of carboxylic acid groups (broad SMARTS) is 1. The Kier molecular flexibility index (Phi) is 7.27. The van der Waals surface area contributed by atoms with Gasteiger partial charge in [-0.1, -0.05) is 0 Å². The Morgan fingerprint density at radius 1 is 1.41 bits per heavy atom. The number of methoxy groups -OCH3 is 1. The van der Waals surface area contributed by atoms with E-state index in [1.54, 1.807) is 7.11 Å². The molecule has 1 aromatic carbocycles. The van der Waals surface area contributed by atoms with Crippen LogP contribution in [0.15, 0.2) is 30.5 Å². The van der Waals surface area contributed by atoms with Gasteiger partial charge in [0, 0.05) is 32.1 Å². The van der Waals surface area contributed by atoms with Crippen molar-refractivity contribution < 1.29 is 23.8 Å². The Morgan fingerprint density at radius 3 is 2.72 bits per heavy atom. The first-order chi connectivity index (χ1) is 15.3. The number of rotatable bonds is 8. The van der Waals surface area contributed by atoms with Gasteiger partial charge in [0.05, 0.1) is 24.1 Å². The summed E-state index contributed by atoms with van der Waals surface area (Å²) in [5.74, 6) is -1.62. The molecule has 0 bridgehead atoms. The van der Waals surface area contributed by atoms with Gasteiger partial charge in [-0.3, -0.25) is 9.48 Å². The second-order valence-electron chi connectivity index (χ2n) is 7.56. The number of amides is 2. The highest BCUT2D eigenvalue weighted by atomic mass is 19.1. The number of nitrogens with zero attached hydrogens (tertiary/aromatic N) is 4. The molecule has 32 heavy (non-hydrogen) atoms. The molecule has 170 valence electrons. The maximum atomic E-state index is 13.2. The fourth-order valence-corrected chi connectivity index (χ4v) is 4.05. The fourth-order valence-electron chi connectivity index (χ4n) is 4.05. The molecule has 3 unspecified atom stereocenters. The van der Waals surface area contributed by atoms with Gasteiger partial charge < -0.3 is 25.8 Å². The molecule has 0 spiro atoms. The molecule has 1 aliphatic rings. The Labute approximate surface area is 184 Å². The molecule has 1 aliphatic heterocycles. The molecule has 2 heterocycles. The maximum absolute atomic E-state index is 13.2. The van der Waals surface area contributed by atoms with Crippen molar-refractivity contribution in [1.82, 2.24) is 14.7 Å². The molecule has 1 aromatic heterocycles. The topological polar surface area (TPSA) is 146 Å². The Bertz CT molecular complexity index is 1000. The molecule has 2 aromatic rings. The van der Waals surface area contributed by atoms with Gasteiger partial charge >= 0.3 is 6.09 Å². The van der Waals surface area contributed by atoms with Crippen molar-refractivity contribution in [2.45, 2.75) is 31.3 Å². The van der Waals surface area contributed by atoms with Crippen molar-refractivity contribution in [2.75, 3.05) is 25.6 Å². The number of hydrogen-bond acceptors (Lipinski definition) is 6. The average Bonchev–Trinajstić information content (AvgIpc) is 3.18. The average molecular weight is 444 g/mol. The zero-order chi connectivity index (χ0) is 23.3. The summed E-state index contributed by atoms with van der Waals surface area (Å²) in [6.45, 7) is 0.675. The standard InChI is InChI=1S/C21H25FN6O4/c1-32-10-2-3-17-15(11-23)18(8-9-27(17)21(30)31)28-12-16(19(24)29)20(26-28)25-14-6-4-13(22)5-7-14/h4-7,12,15,17-18H,2-3,8-10H2,1H3,(H2,24,29)(H,25,26)(H,30,31). The molecule has 3 rings (SSSR count). The van der Waals surface area contributed by atoms with Gasteiger partial charge in [0.15, 0.2) is 5.82 Å². The number of benzene rings is 1. The van der Waals surface area contributed by atoms with Crippen LogP contribution >= 0.6 is 0 Å². The molecule has 0 aliphatic carbocycles. The quantitative estimate of drug-likeness (QED) is 0.531. The predicted octanol–water partition coefficient (Wildman–Crippen LogP) is 2.72. The summed E-state index contributed by atoms with van der Waals surface area (Å²) in [7, 11) is 1.56. The largest absolute Gasteiger partial charge is 0.465 e. The summed E-state index contributed by atoms with van der Waals surface area (Å²) in [6, 6.07) is 6.77. The van der Waals surface area contributed by atoms with Crippen molar-refractivity contribution in [1.29, 1.82) is 5.26 Å². The van der Waals surface area contributed by atoms with E-state index in [4.69, 9.17) is 10.5 Å². The number of nitrogens with one attached hydrogen (secondary N) is 1. The minimum absolute atomic E-state index is 0.114. The van der Waals surface area contributed by atoms with Crippen molar-refractivity contribution in [3.63, 3.8) is 0 Å². The van der Waals surface area contributed by atoms with Gasteiger partial charge in [-0.25, -0.2) is 9.18 Å². The number of aromatic nitrogens is 2. The second-order valence-corrected chi connectivity index (χ2v) is 7.56. The van der Waals surface area contributed by atoms with Crippen LogP contribution in [-0.4, -0.2) is 58.1 Å². The molecule has 3 atom stereocenters. The Morgan fingerprint density at radius 2 is 2.12 bits per heavy atom. The van der Waals surface area contributed by atoms with E-state index in [-0.39, 0.29) is 17.9 Å². The number of carbonyl (C=O) groups excluding carboxylic acids is 1. The number of likely N-dealkylation sites (tertiary alicyclic amines) is 1. The lowest BCUT2D eigenvalue weighted by atomic mass is 9.83.